The first kappa shape index (κ1) is 19.7. The minimum Gasteiger partial charge on any atom is -0.496 e. The molecule has 0 spiro atoms. The molecule has 0 saturated heterocycles. The molecule has 29 heavy (non-hydrogen) atoms. The Balaban J connectivity index is 1.68. The van der Waals surface area contributed by atoms with Gasteiger partial charge in [0, 0.05) is 27.4 Å². The molecule has 0 fully saturated rings. The fraction of sp³-hybridized carbons (Fsp3) is 0.217. The lowest BCUT2D eigenvalue weighted by molar-refractivity contribution is 0.102. The molecular weight excluding hydrogens is 404 g/mol. The number of nitrogens with zero attached hydrogens (tertiary/aromatic N) is 1. The van der Waals surface area contributed by atoms with Crippen molar-refractivity contribution < 1.29 is 9.53 Å². The van der Waals surface area contributed by atoms with Crippen LogP contribution in [0.3, 0.4) is 0 Å². The highest BCUT2D eigenvalue weighted by Crippen LogP contribution is 2.40. The summed E-state index contributed by atoms with van der Waals surface area (Å²) in [4.78, 5) is 19.1. The normalized spacial score (nSPS) is 13.3. The number of amides is 1. The third kappa shape index (κ3) is 4.36. The van der Waals surface area contributed by atoms with Crippen molar-refractivity contribution >= 4 is 45.7 Å². The number of anilines is 1. The minimum atomic E-state index is -0.126. The SMILES string of the molecule is COc1ccccc1/C=N/c1sc2c(c1C(=O)Nc1ccc(Cl)cc1)CCCC2. The Morgan fingerprint density at radius 3 is 2.69 bits per heavy atom. The van der Waals surface area contributed by atoms with E-state index in [0.717, 1.165) is 53.2 Å². The number of aliphatic imine (C=N–C) groups is 1. The molecule has 0 aliphatic heterocycles. The average molecular weight is 425 g/mol. The maximum absolute atomic E-state index is 13.2. The van der Waals surface area contributed by atoms with Crippen LogP contribution in [0.15, 0.2) is 53.5 Å². The lowest BCUT2D eigenvalue weighted by Crippen LogP contribution is -2.14. The van der Waals surface area contributed by atoms with Crippen molar-refractivity contribution in [1.82, 2.24) is 0 Å². The number of ether oxygens (including phenoxy) is 1. The second-order valence-electron chi connectivity index (χ2n) is 6.85. The second kappa shape index (κ2) is 8.80. The van der Waals surface area contributed by atoms with Crippen molar-refractivity contribution in [3.8, 4) is 5.75 Å². The first-order valence-electron chi connectivity index (χ1n) is 9.54. The number of carbonyl (C=O) groups excluding carboxylic acids is 1. The van der Waals surface area contributed by atoms with Gasteiger partial charge in [-0.25, -0.2) is 4.99 Å². The maximum atomic E-state index is 13.2. The van der Waals surface area contributed by atoms with E-state index in [1.54, 1.807) is 48.9 Å². The van der Waals surface area contributed by atoms with E-state index < -0.39 is 0 Å². The quantitative estimate of drug-likeness (QED) is 0.489. The van der Waals surface area contributed by atoms with Crippen molar-refractivity contribution in [2.45, 2.75) is 25.7 Å². The second-order valence-corrected chi connectivity index (χ2v) is 8.37. The molecule has 1 aliphatic carbocycles. The number of carbonyl (C=O) groups is 1. The van der Waals surface area contributed by atoms with Crippen molar-refractivity contribution in [1.29, 1.82) is 0 Å². The Hall–Kier alpha value is -2.63. The summed E-state index contributed by atoms with van der Waals surface area (Å²) >= 11 is 7.57. The summed E-state index contributed by atoms with van der Waals surface area (Å²) in [6.07, 6.45) is 5.95. The number of methoxy groups -OCH3 is 1. The topological polar surface area (TPSA) is 50.7 Å². The van der Waals surface area contributed by atoms with E-state index in [2.05, 4.69) is 5.32 Å². The van der Waals surface area contributed by atoms with Gasteiger partial charge < -0.3 is 10.1 Å². The van der Waals surface area contributed by atoms with Crippen LogP contribution in [0.4, 0.5) is 10.7 Å². The summed E-state index contributed by atoms with van der Waals surface area (Å²) in [5, 5.41) is 4.38. The summed E-state index contributed by atoms with van der Waals surface area (Å²) < 4.78 is 5.40. The first-order valence-corrected chi connectivity index (χ1v) is 10.7. The molecule has 6 heteroatoms. The van der Waals surface area contributed by atoms with Gasteiger partial charge in [0.15, 0.2) is 0 Å². The average Bonchev–Trinajstić information content (AvgIpc) is 3.12. The van der Waals surface area contributed by atoms with Crippen LogP contribution in [0.2, 0.25) is 5.02 Å². The first-order chi connectivity index (χ1) is 14.2. The van der Waals surface area contributed by atoms with E-state index in [1.165, 1.54) is 4.88 Å². The number of thiophene rings is 1. The fourth-order valence-electron chi connectivity index (χ4n) is 3.50. The van der Waals surface area contributed by atoms with Gasteiger partial charge in [-0.15, -0.1) is 11.3 Å². The van der Waals surface area contributed by atoms with Crippen LogP contribution < -0.4 is 10.1 Å². The molecule has 1 heterocycles. The van der Waals surface area contributed by atoms with Gasteiger partial charge in [0.2, 0.25) is 0 Å². The van der Waals surface area contributed by atoms with Crippen LogP contribution in [0.1, 0.15) is 39.2 Å². The predicted octanol–water partition coefficient (Wildman–Crippen LogP) is 6.29. The molecular formula is C23H21ClN2O2S. The molecule has 1 N–H and O–H groups in total. The van der Waals surface area contributed by atoms with Crippen LogP contribution in [0.5, 0.6) is 5.75 Å². The molecule has 3 aromatic rings. The number of hydrogen-bond acceptors (Lipinski definition) is 4. The number of aryl methyl sites for hydroxylation is 1. The van der Waals surface area contributed by atoms with E-state index in [0.29, 0.717) is 10.6 Å². The predicted molar refractivity (Wildman–Crippen MR) is 121 cm³/mol. The van der Waals surface area contributed by atoms with Crippen LogP contribution in [0, 0.1) is 0 Å². The number of hydrogen-bond donors (Lipinski definition) is 1. The lowest BCUT2D eigenvalue weighted by atomic mass is 9.95. The molecule has 0 unspecified atom stereocenters. The van der Waals surface area contributed by atoms with E-state index in [4.69, 9.17) is 21.3 Å². The van der Waals surface area contributed by atoms with Gasteiger partial charge in [-0.05, 0) is 67.6 Å². The maximum Gasteiger partial charge on any atom is 0.259 e. The Morgan fingerprint density at radius 2 is 1.90 bits per heavy atom. The molecule has 4 nitrogen and oxygen atoms in total. The van der Waals surface area contributed by atoms with Gasteiger partial charge in [0.25, 0.3) is 5.91 Å². The molecule has 2 aromatic carbocycles. The van der Waals surface area contributed by atoms with E-state index in [1.807, 2.05) is 24.3 Å². The summed E-state index contributed by atoms with van der Waals surface area (Å²) in [6, 6.07) is 14.8. The fourth-order valence-corrected chi connectivity index (χ4v) is 4.86. The van der Waals surface area contributed by atoms with Gasteiger partial charge in [-0.2, -0.15) is 0 Å². The highest BCUT2D eigenvalue weighted by Gasteiger charge is 2.25. The van der Waals surface area contributed by atoms with Crippen LogP contribution in [-0.4, -0.2) is 19.2 Å². The smallest absolute Gasteiger partial charge is 0.259 e. The van der Waals surface area contributed by atoms with Crippen molar-refractivity contribution in [3.05, 3.63) is 75.1 Å². The Kier molecular flexibility index (Phi) is 5.97. The molecule has 0 saturated carbocycles. The monoisotopic (exact) mass is 424 g/mol. The number of rotatable bonds is 5. The largest absolute Gasteiger partial charge is 0.496 e. The summed E-state index contributed by atoms with van der Waals surface area (Å²) in [5.41, 5.74) is 3.42. The van der Waals surface area contributed by atoms with Crippen molar-refractivity contribution in [2.24, 2.45) is 4.99 Å². The summed E-state index contributed by atoms with van der Waals surface area (Å²) in [6.45, 7) is 0. The molecule has 1 amide bonds. The highest BCUT2D eigenvalue weighted by atomic mass is 35.5. The molecule has 4 rings (SSSR count). The zero-order valence-corrected chi connectivity index (χ0v) is 17.6. The number of halogens is 1. The van der Waals surface area contributed by atoms with E-state index in [-0.39, 0.29) is 5.91 Å². The van der Waals surface area contributed by atoms with Gasteiger partial charge in [-0.3, -0.25) is 4.79 Å². The standard InChI is InChI=1S/C23H21ClN2O2S/c1-28-19-8-4-2-6-15(19)14-25-23-21(18-7-3-5-9-20(18)29-23)22(27)26-17-12-10-16(24)11-13-17/h2,4,6,8,10-14H,3,5,7,9H2,1H3,(H,26,27)/b25-14+. The minimum absolute atomic E-state index is 0.126. The van der Waals surface area contributed by atoms with Crippen molar-refractivity contribution in [2.75, 3.05) is 12.4 Å². The van der Waals surface area contributed by atoms with Gasteiger partial charge in [-0.1, -0.05) is 23.7 Å². The number of nitrogens with one attached hydrogen (secondary N) is 1. The molecule has 1 aromatic heterocycles. The van der Waals surface area contributed by atoms with Crippen molar-refractivity contribution in [3.63, 3.8) is 0 Å². The molecule has 0 radical (unpaired) electrons. The lowest BCUT2D eigenvalue weighted by Gasteiger charge is -2.13. The molecule has 0 atom stereocenters. The summed E-state index contributed by atoms with van der Waals surface area (Å²) in [5.74, 6) is 0.628. The van der Waals surface area contributed by atoms with Gasteiger partial charge in [0.1, 0.15) is 10.8 Å². The van der Waals surface area contributed by atoms with Gasteiger partial charge >= 0.3 is 0 Å². The van der Waals surface area contributed by atoms with Gasteiger partial charge in [0.05, 0.1) is 12.7 Å². The number of para-hydroxylation sites is 1. The van der Waals surface area contributed by atoms with E-state index in [9.17, 15) is 4.79 Å². The zero-order valence-electron chi connectivity index (χ0n) is 16.1. The Bertz CT molecular complexity index is 1060. The summed E-state index contributed by atoms with van der Waals surface area (Å²) in [7, 11) is 1.64. The number of benzene rings is 2. The molecule has 148 valence electrons. The Labute approximate surface area is 179 Å². The number of fused-ring (bicyclic) bond motifs is 1. The third-order valence-corrected chi connectivity index (χ3v) is 6.39. The van der Waals surface area contributed by atoms with Crippen LogP contribution in [-0.2, 0) is 12.8 Å². The Morgan fingerprint density at radius 1 is 1.14 bits per heavy atom. The van der Waals surface area contributed by atoms with Crippen LogP contribution >= 0.6 is 22.9 Å². The van der Waals surface area contributed by atoms with E-state index >= 15 is 0 Å². The molecule has 1 aliphatic rings. The highest BCUT2D eigenvalue weighted by molar-refractivity contribution is 7.16. The molecule has 0 bridgehead atoms. The third-order valence-electron chi connectivity index (χ3n) is 4.94. The zero-order chi connectivity index (χ0) is 20.2. The van der Waals surface area contributed by atoms with Crippen LogP contribution in [0.25, 0.3) is 0 Å².